The van der Waals surface area contributed by atoms with Gasteiger partial charge in [-0.15, -0.1) is 23.2 Å². The molecule has 0 spiro atoms. The van der Waals surface area contributed by atoms with Crippen molar-refractivity contribution in [3.8, 4) is 0 Å². The van der Waals surface area contributed by atoms with E-state index in [0.717, 1.165) is 12.1 Å². The lowest BCUT2D eigenvalue weighted by molar-refractivity contribution is -0.137. The lowest BCUT2D eigenvalue weighted by Crippen LogP contribution is -2.40. The van der Waals surface area contributed by atoms with Crippen molar-refractivity contribution in [2.45, 2.75) is 23.9 Å². The predicted octanol–water partition coefficient (Wildman–Crippen LogP) is 4.10. The molecule has 0 saturated heterocycles. The van der Waals surface area contributed by atoms with Crippen molar-refractivity contribution in [2.24, 2.45) is 5.41 Å². The minimum Gasteiger partial charge on any atom is -0.332 e. The molecule has 1 amide bonds. The van der Waals surface area contributed by atoms with Crippen molar-refractivity contribution >= 4 is 52.1 Å². The van der Waals surface area contributed by atoms with Crippen LogP contribution in [0.15, 0.2) is 24.3 Å². The SMILES string of the molecule is CC1(C(=O)NC(=S)Nc2cccc(C(F)(F)F)c2)CC1(Cl)Cl. The van der Waals surface area contributed by atoms with Crippen molar-refractivity contribution in [1.82, 2.24) is 5.32 Å². The number of benzene rings is 1. The molecule has 1 aliphatic carbocycles. The molecule has 3 nitrogen and oxygen atoms in total. The van der Waals surface area contributed by atoms with Crippen molar-refractivity contribution in [3.63, 3.8) is 0 Å². The zero-order valence-electron chi connectivity index (χ0n) is 11.2. The number of alkyl halides is 5. The van der Waals surface area contributed by atoms with Gasteiger partial charge in [0.05, 0.1) is 11.0 Å². The maximum atomic E-state index is 12.6. The maximum absolute atomic E-state index is 12.6. The van der Waals surface area contributed by atoms with Crippen LogP contribution in [0.5, 0.6) is 0 Å². The van der Waals surface area contributed by atoms with Gasteiger partial charge in [-0.2, -0.15) is 13.2 Å². The number of amides is 1. The van der Waals surface area contributed by atoms with Gasteiger partial charge in [0.1, 0.15) is 4.33 Å². The summed E-state index contributed by atoms with van der Waals surface area (Å²) in [5.41, 5.74) is -1.67. The molecule has 120 valence electrons. The first-order valence-electron chi connectivity index (χ1n) is 6.13. The number of thiocarbonyl (C=S) groups is 1. The van der Waals surface area contributed by atoms with Gasteiger partial charge in [-0.3, -0.25) is 4.79 Å². The summed E-state index contributed by atoms with van der Waals surface area (Å²) >= 11 is 16.7. The summed E-state index contributed by atoms with van der Waals surface area (Å²) in [4.78, 5) is 12.0. The Morgan fingerprint density at radius 1 is 1.36 bits per heavy atom. The van der Waals surface area contributed by atoms with Gasteiger partial charge in [-0.05, 0) is 43.8 Å². The van der Waals surface area contributed by atoms with Crippen LogP contribution in [0.25, 0.3) is 0 Å². The molecule has 22 heavy (non-hydrogen) atoms. The monoisotopic (exact) mass is 370 g/mol. The lowest BCUT2D eigenvalue weighted by Gasteiger charge is -2.15. The standard InChI is InChI=1S/C13H11Cl2F3N2OS/c1-11(6-12(11,14)15)9(21)20-10(22)19-8-4-2-3-7(5-8)13(16,17)18/h2-5H,6H2,1H3,(H2,19,20,21,22). The number of hydrogen-bond acceptors (Lipinski definition) is 2. The molecule has 1 aromatic carbocycles. The van der Waals surface area contributed by atoms with E-state index in [0.29, 0.717) is 0 Å². The highest BCUT2D eigenvalue weighted by atomic mass is 35.5. The minimum absolute atomic E-state index is 0.115. The number of halogens is 5. The van der Waals surface area contributed by atoms with Gasteiger partial charge in [0.25, 0.3) is 0 Å². The minimum atomic E-state index is -4.46. The van der Waals surface area contributed by atoms with Crippen LogP contribution in [0, 0.1) is 5.41 Å². The van der Waals surface area contributed by atoms with Crippen molar-refractivity contribution in [2.75, 3.05) is 5.32 Å². The molecular weight excluding hydrogens is 360 g/mol. The van der Waals surface area contributed by atoms with Crippen LogP contribution in [0.4, 0.5) is 18.9 Å². The second kappa shape index (κ2) is 5.54. The van der Waals surface area contributed by atoms with Crippen LogP contribution in [0.3, 0.4) is 0 Å². The molecule has 0 bridgehead atoms. The van der Waals surface area contributed by atoms with Gasteiger partial charge in [0.15, 0.2) is 5.11 Å². The highest BCUT2D eigenvalue weighted by Gasteiger charge is 2.68. The van der Waals surface area contributed by atoms with E-state index in [2.05, 4.69) is 10.6 Å². The molecule has 9 heteroatoms. The van der Waals surface area contributed by atoms with Crippen LogP contribution in [0.2, 0.25) is 0 Å². The van der Waals surface area contributed by atoms with E-state index in [1.807, 2.05) is 0 Å². The van der Waals surface area contributed by atoms with Gasteiger partial charge < -0.3 is 10.6 Å². The molecule has 2 N–H and O–H groups in total. The van der Waals surface area contributed by atoms with Gasteiger partial charge in [-0.25, -0.2) is 0 Å². The molecule has 2 rings (SSSR count). The Morgan fingerprint density at radius 3 is 2.45 bits per heavy atom. The first kappa shape index (κ1) is 17.3. The number of rotatable bonds is 2. The molecule has 0 heterocycles. The molecule has 1 saturated carbocycles. The third kappa shape index (κ3) is 3.47. The molecule has 0 radical (unpaired) electrons. The number of carbonyl (C=O) groups is 1. The summed E-state index contributed by atoms with van der Waals surface area (Å²) in [6.45, 7) is 1.58. The van der Waals surface area contributed by atoms with E-state index in [1.165, 1.54) is 12.1 Å². The molecular formula is C13H11Cl2F3N2OS. The molecule has 0 aliphatic heterocycles. The van der Waals surface area contributed by atoms with Crippen LogP contribution in [0.1, 0.15) is 18.9 Å². The topological polar surface area (TPSA) is 41.1 Å². The third-order valence-electron chi connectivity index (χ3n) is 3.43. The Morgan fingerprint density at radius 2 is 1.95 bits per heavy atom. The van der Waals surface area contributed by atoms with Crippen LogP contribution in [-0.2, 0) is 11.0 Å². The van der Waals surface area contributed by atoms with E-state index >= 15 is 0 Å². The van der Waals surface area contributed by atoms with Gasteiger partial charge in [-0.1, -0.05) is 6.07 Å². The fraction of sp³-hybridized carbons (Fsp3) is 0.385. The second-order valence-corrected chi connectivity index (χ2v) is 7.09. The lowest BCUT2D eigenvalue weighted by atomic mass is 10.1. The molecule has 1 atom stereocenters. The van der Waals surface area contributed by atoms with E-state index in [-0.39, 0.29) is 17.2 Å². The summed E-state index contributed by atoms with van der Waals surface area (Å²) in [7, 11) is 0. The maximum Gasteiger partial charge on any atom is 0.416 e. The van der Waals surface area contributed by atoms with E-state index in [4.69, 9.17) is 35.4 Å². The highest BCUT2D eigenvalue weighted by molar-refractivity contribution is 7.80. The number of carbonyl (C=O) groups excluding carboxylic acids is 1. The van der Waals surface area contributed by atoms with E-state index in [9.17, 15) is 18.0 Å². The molecule has 1 aliphatic rings. The van der Waals surface area contributed by atoms with Gasteiger partial charge in [0.2, 0.25) is 5.91 Å². The number of anilines is 1. The average Bonchev–Trinajstić information content (AvgIpc) is 2.89. The van der Waals surface area contributed by atoms with E-state index in [1.54, 1.807) is 6.92 Å². The number of hydrogen-bond donors (Lipinski definition) is 2. The van der Waals surface area contributed by atoms with Crippen molar-refractivity contribution in [3.05, 3.63) is 29.8 Å². The zero-order chi connectivity index (χ0) is 16.8. The van der Waals surface area contributed by atoms with Crippen LogP contribution >= 0.6 is 35.4 Å². The quantitative estimate of drug-likeness (QED) is 0.608. The van der Waals surface area contributed by atoms with Crippen LogP contribution in [-0.4, -0.2) is 15.4 Å². The molecule has 1 fully saturated rings. The summed E-state index contributed by atoms with van der Waals surface area (Å²) in [6, 6.07) is 4.47. The predicted molar refractivity (Wildman–Crippen MR) is 83.0 cm³/mol. The average molecular weight is 371 g/mol. The van der Waals surface area contributed by atoms with Crippen molar-refractivity contribution in [1.29, 1.82) is 0 Å². The highest BCUT2D eigenvalue weighted by Crippen LogP contribution is 2.63. The molecule has 1 unspecified atom stereocenters. The fourth-order valence-electron chi connectivity index (χ4n) is 1.82. The second-order valence-electron chi connectivity index (χ2n) is 5.20. The van der Waals surface area contributed by atoms with Gasteiger partial charge in [0, 0.05) is 5.69 Å². The summed E-state index contributed by atoms with van der Waals surface area (Å²) in [5.74, 6) is -0.484. The van der Waals surface area contributed by atoms with Crippen LogP contribution < -0.4 is 10.6 Å². The largest absolute Gasteiger partial charge is 0.416 e. The normalized spacial score (nSPS) is 22.8. The zero-order valence-corrected chi connectivity index (χ0v) is 13.6. The fourth-order valence-corrected chi connectivity index (χ4v) is 2.74. The smallest absolute Gasteiger partial charge is 0.332 e. The Balaban J connectivity index is 2.00. The number of nitrogens with one attached hydrogen (secondary N) is 2. The Labute approximate surface area is 140 Å². The summed E-state index contributed by atoms with van der Waals surface area (Å²) in [5, 5.41) is 4.78. The van der Waals surface area contributed by atoms with Crippen molar-refractivity contribution < 1.29 is 18.0 Å². The Hall–Kier alpha value is -1.05. The van der Waals surface area contributed by atoms with E-state index < -0.39 is 27.4 Å². The Kier molecular flexibility index (Phi) is 4.36. The third-order valence-corrected chi connectivity index (χ3v) is 4.74. The Bertz CT molecular complexity index is 636. The molecule has 0 aromatic heterocycles. The summed E-state index contributed by atoms with van der Waals surface area (Å²) in [6.07, 6.45) is -4.18. The molecule has 1 aromatic rings. The summed E-state index contributed by atoms with van der Waals surface area (Å²) < 4.78 is 36.7. The first-order chi connectivity index (χ1) is 9.96. The first-order valence-corrected chi connectivity index (χ1v) is 7.30. The van der Waals surface area contributed by atoms with Gasteiger partial charge >= 0.3 is 6.18 Å².